The number of esters is 1. The Labute approximate surface area is 166 Å². The Bertz CT molecular complexity index is 918. The van der Waals surface area contributed by atoms with E-state index in [0.717, 1.165) is 17.7 Å². The van der Waals surface area contributed by atoms with Gasteiger partial charge in [0.2, 0.25) is 0 Å². The maximum atomic E-state index is 13.5. The van der Waals surface area contributed by atoms with Crippen LogP contribution >= 0.6 is 0 Å². The second-order valence-corrected chi connectivity index (χ2v) is 6.04. The minimum absolute atomic E-state index is 0.137. The predicted octanol–water partition coefficient (Wildman–Crippen LogP) is 2.58. The van der Waals surface area contributed by atoms with Crippen LogP contribution in [0.25, 0.3) is 0 Å². The molecule has 2 N–H and O–H groups in total. The zero-order valence-electron chi connectivity index (χ0n) is 15.9. The number of anilines is 1. The van der Waals surface area contributed by atoms with E-state index >= 15 is 0 Å². The molecule has 0 heterocycles. The van der Waals surface area contributed by atoms with Crippen molar-refractivity contribution in [3.63, 3.8) is 0 Å². The van der Waals surface area contributed by atoms with E-state index in [2.05, 4.69) is 10.6 Å². The fraction of sp³-hybridized carbons (Fsp3) is 0.250. The van der Waals surface area contributed by atoms with E-state index < -0.39 is 36.0 Å². The topological polar surface area (TPSA) is 93.7 Å². The summed E-state index contributed by atoms with van der Waals surface area (Å²) in [7, 11) is 1.46. The molecule has 0 aliphatic carbocycles. The van der Waals surface area contributed by atoms with Gasteiger partial charge in [-0.3, -0.25) is 14.4 Å². The molecule has 2 amide bonds. The van der Waals surface area contributed by atoms with Gasteiger partial charge in [-0.2, -0.15) is 0 Å². The number of halogens is 2. The van der Waals surface area contributed by atoms with E-state index in [1.807, 2.05) is 13.0 Å². The van der Waals surface area contributed by atoms with Crippen LogP contribution in [-0.4, -0.2) is 38.0 Å². The standard InChI is InChI=1S/C20H20F2N2O5/c1-12-3-6-17(28-2)16(9-12)24-18(25)11-29-19(26)7-8-23-20(27)14-5-4-13(21)10-15(14)22/h3-6,9-10H,7-8,11H2,1-2H3,(H,23,27)(H,24,25). The molecule has 29 heavy (non-hydrogen) atoms. The van der Waals surface area contributed by atoms with Crippen molar-refractivity contribution in [3.05, 3.63) is 59.2 Å². The summed E-state index contributed by atoms with van der Waals surface area (Å²) in [6, 6.07) is 7.77. The van der Waals surface area contributed by atoms with Crippen molar-refractivity contribution in [2.75, 3.05) is 25.6 Å². The summed E-state index contributed by atoms with van der Waals surface area (Å²) >= 11 is 0. The van der Waals surface area contributed by atoms with Crippen LogP contribution in [-0.2, 0) is 14.3 Å². The molecule has 9 heteroatoms. The maximum Gasteiger partial charge on any atom is 0.308 e. The zero-order valence-corrected chi connectivity index (χ0v) is 15.9. The van der Waals surface area contributed by atoms with Crippen LogP contribution in [0.5, 0.6) is 5.75 Å². The van der Waals surface area contributed by atoms with Crippen molar-refractivity contribution in [2.24, 2.45) is 0 Å². The van der Waals surface area contributed by atoms with E-state index in [1.54, 1.807) is 12.1 Å². The van der Waals surface area contributed by atoms with Crippen molar-refractivity contribution in [3.8, 4) is 5.75 Å². The summed E-state index contributed by atoms with van der Waals surface area (Å²) in [6.07, 6.45) is -0.227. The highest BCUT2D eigenvalue weighted by Crippen LogP contribution is 2.25. The molecule has 7 nitrogen and oxygen atoms in total. The molecular formula is C20H20F2N2O5. The van der Waals surface area contributed by atoms with Gasteiger partial charge in [0.05, 0.1) is 24.8 Å². The fourth-order valence-corrected chi connectivity index (χ4v) is 2.37. The van der Waals surface area contributed by atoms with Crippen molar-refractivity contribution >= 4 is 23.5 Å². The van der Waals surface area contributed by atoms with Crippen LogP contribution in [0.1, 0.15) is 22.3 Å². The van der Waals surface area contributed by atoms with Gasteiger partial charge in [0.25, 0.3) is 11.8 Å². The van der Waals surface area contributed by atoms with Gasteiger partial charge in [0, 0.05) is 12.6 Å². The minimum Gasteiger partial charge on any atom is -0.495 e. The Kier molecular flexibility index (Phi) is 7.64. The molecule has 0 bridgehead atoms. The average Bonchev–Trinajstić information content (AvgIpc) is 2.66. The summed E-state index contributed by atoms with van der Waals surface area (Å²) in [5.41, 5.74) is 1.01. The van der Waals surface area contributed by atoms with Crippen LogP contribution in [0.3, 0.4) is 0 Å². The summed E-state index contributed by atoms with van der Waals surface area (Å²) in [5, 5.41) is 4.90. The molecule has 2 aromatic carbocycles. The Morgan fingerprint density at radius 2 is 1.83 bits per heavy atom. The van der Waals surface area contributed by atoms with Crippen LogP contribution in [0.4, 0.5) is 14.5 Å². The quantitative estimate of drug-likeness (QED) is 0.658. The highest BCUT2D eigenvalue weighted by Gasteiger charge is 2.14. The lowest BCUT2D eigenvalue weighted by Crippen LogP contribution is -2.28. The molecule has 0 saturated heterocycles. The number of hydrogen-bond donors (Lipinski definition) is 2. The molecule has 0 aromatic heterocycles. The molecule has 0 atom stereocenters. The molecular weight excluding hydrogens is 386 g/mol. The maximum absolute atomic E-state index is 13.5. The number of rotatable bonds is 8. The first-order valence-electron chi connectivity index (χ1n) is 8.63. The number of carbonyl (C=O) groups is 3. The third kappa shape index (κ3) is 6.56. The van der Waals surface area contributed by atoms with Crippen LogP contribution in [0, 0.1) is 18.6 Å². The van der Waals surface area contributed by atoms with Gasteiger partial charge >= 0.3 is 5.97 Å². The molecule has 0 fully saturated rings. The lowest BCUT2D eigenvalue weighted by Gasteiger charge is -2.11. The summed E-state index contributed by atoms with van der Waals surface area (Å²) in [5.74, 6) is -3.42. The first-order valence-corrected chi connectivity index (χ1v) is 8.63. The van der Waals surface area contributed by atoms with Crippen molar-refractivity contribution < 1.29 is 32.6 Å². The second kappa shape index (κ2) is 10.2. The smallest absolute Gasteiger partial charge is 0.308 e. The molecule has 0 aliphatic heterocycles. The molecule has 0 saturated carbocycles. The van der Waals surface area contributed by atoms with Gasteiger partial charge in [-0.15, -0.1) is 0 Å². The largest absolute Gasteiger partial charge is 0.495 e. The van der Waals surface area contributed by atoms with Crippen LogP contribution in [0.2, 0.25) is 0 Å². The Balaban J connectivity index is 1.75. The Hall–Kier alpha value is -3.49. The van der Waals surface area contributed by atoms with E-state index in [1.165, 1.54) is 7.11 Å². The second-order valence-electron chi connectivity index (χ2n) is 6.04. The molecule has 0 unspecified atom stereocenters. The Morgan fingerprint density at radius 3 is 2.52 bits per heavy atom. The summed E-state index contributed by atoms with van der Waals surface area (Å²) < 4.78 is 36.3. The monoisotopic (exact) mass is 406 g/mol. The van der Waals surface area contributed by atoms with Crippen molar-refractivity contribution in [1.29, 1.82) is 0 Å². The third-order valence-electron chi connectivity index (χ3n) is 3.78. The molecule has 2 aromatic rings. The van der Waals surface area contributed by atoms with Crippen molar-refractivity contribution in [2.45, 2.75) is 13.3 Å². The van der Waals surface area contributed by atoms with Gasteiger partial charge in [-0.05, 0) is 36.8 Å². The fourth-order valence-electron chi connectivity index (χ4n) is 2.37. The van der Waals surface area contributed by atoms with Crippen LogP contribution < -0.4 is 15.4 Å². The third-order valence-corrected chi connectivity index (χ3v) is 3.78. The number of methoxy groups -OCH3 is 1. The number of hydrogen-bond acceptors (Lipinski definition) is 5. The first-order chi connectivity index (χ1) is 13.8. The minimum atomic E-state index is -1.01. The van der Waals surface area contributed by atoms with Crippen LogP contribution in [0.15, 0.2) is 36.4 Å². The zero-order chi connectivity index (χ0) is 21.4. The van der Waals surface area contributed by atoms with Gasteiger partial charge in [0.1, 0.15) is 17.4 Å². The number of ether oxygens (including phenoxy) is 2. The predicted molar refractivity (Wildman–Crippen MR) is 101 cm³/mol. The molecule has 2 rings (SSSR count). The lowest BCUT2D eigenvalue weighted by molar-refractivity contribution is -0.147. The SMILES string of the molecule is COc1ccc(C)cc1NC(=O)COC(=O)CCNC(=O)c1ccc(F)cc1F. The van der Waals surface area contributed by atoms with Gasteiger partial charge in [0.15, 0.2) is 6.61 Å². The number of nitrogens with one attached hydrogen (secondary N) is 2. The normalized spacial score (nSPS) is 10.2. The number of amides is 2. The molecule has 0 spiro atoms. The highest BCUT2D eigenvalue weighted by atomic mass is 19.1. The summed E-state index contributed by atoms with van der Waals surface area (Å²) in [4.78, 5) is 35.5. The van der Waals surface area contributed by atoms with E-state index in [0.29, 0.717) is 17.5 Å². The van der Waals surface area contributed by atoms with Gasteiger partial charge in [-0.25, -0.2) is 8.78 Å². The van der Waals surface area contributed by atoms with Gasteiger partial charge in [-0.1, -0.05) is 6.07 Å². The Morgan fingerprint density at radius 1 is 1.07 bits per heavy atom. The first kappa shape index (κ1) is 21.8. The number of benzene rings is 2. The van der Waals surface area contributed by atoms with E-state index in [4.69, 9.17) is 9.47 Å². The summed E-state index contributed by atoms with van der Waals surface area (Å²) in [6.45, 7) is 1.19. The van der Waals surface area contributed by atoms with E-state index in [9.17, 15) is 23.2 Å². The molecule has 154 valence electrons. The lowest BCUT2D eigenvalue weighted by atomic mass is 10.2. The molecule has 0 aliphatic rings. The van der Waals surface area contributed by atoms with E-state index in [-0.39, 0.29) is 18.5 Å². The average molecular weight is 406 g/mol. The van der Waals surface area contributed by atoms with Crippen molar-refractivity contribution in [1.82, 2.24) is 5.32 Å². The highest BCUT2D eigenvalue weighted by molar-refractivity contribution is 5.95. The van der Waals surface area contributed by atoms with Gasteiger partial charge < -0.3 is 20.1 Å². The number of aryl methyl sites for hydroxylation is 1. The number of carbonyl (C=O) groups excluding carboxylic acids is 3. The molecule has 0 radical (unpaired) electrons.